The lowest BCUT2D eigenvalue weighted by Gasteiger charge is -2.06. The van der Waals surface area contributed by atoms with E-state index in [0.717, 1.165) is 11.0 Å². The lowest BCUT2D eigenvalue weighted by molar-refractivity contribution is -0.126. The molecule has 1 aromatic carbocycles. The van der Waals surface area contributed by atoms with Crippen LogP contribution in [0, 0.1) is 5.82 Å². The third kappa shape index (κ3) is 3.90. The maximum atomic E-state index is 13.0. The van der Waals surface area contributed by atoms with Gasteiger partial charge in [-0.1, -0.05) is 11.6 Å². The van der Waals surface area contributed by atoms with Crippen LogP contribution in [0.1, 0.15) is 12.1 Å². The maximum Gasteiger partial charge on any atom is 0.233 e. The van der Waals surface area contributed by atoms with E-state index in [2.05, 4.69) is 15.6 Å². The van der Waals surface area contributed by atoms with Crippen LogP contribution in [0.2, 0.25) is 5.02 Å². The van der Waals surface area contributed by atoms with Crippen molar-refractivity contribution in [2.24, 2.45) is 0 Å². The molecule has 124 valence electrons. The Balaban J connectivity index is 1.49. The maximum absolute atomic E-state index is 13.0. The molecule has 0 aliphatic carbocycles. The minimum Gasteiger partial charge on any atom is -0.350 e. The summed E-state index contributed by atoms with van der Waals surface area (Å²) < 4.78 is 14.9. The number of nitrogens with zero attached hydrogens (tertiary/aromatic N) is 2. The minimum absolute atomic E-state index is 0.1000. The Kier molecular flexibility index (Phi) is 4.77. The number of hydrogen-bond acceptors (Lipinski definition) is 4. The van der Waals surface area contributed by atoms with E-state index in [1.807, 2.05) is 22.2 Å². The van der Waals surface area contributed by atoms with Gasteiger partial charge in [-0.25, -0.2) is 9.37 Å². The third-order valence-corrected chi connectivity index (χ3v) is 4.19. The van der Waals surface area contributed by atoms with Crippen molar-refractivity contribution in [3.63, 3.8) is 0 Å². The van der Waals surface area contributed by atoms with E-state index < -0.39 is 17.6 Å². The molecule has 0 saturated carbocycles. The molecule has 9 heteroatoms. The van der Waals surface area contributed by atoms with E-state index in [1.165, 1.54) is 23.5 Å². The first kappa shape index (κ1) is 16.4. The van der Waals surface area contributed by atoms with Gasteiger partial charge in [-0.3, -0.25) is 14.0 Å². The first-order valence-corrected chi connectivity index (χ1v) is 8.20. The fraction of sp³-hybridized carbons (Fsp3) is 0.133. The summed E-state index contributed by atoms with van der Waals surface area (Å²) in [5.41, 5.74) is 1.04. The van der Waals surface area contributed by atoms with Crippen LogP contribution in [0.4, 0.5) is 10.1 Å². The van der Waals surface area contributed by atoms with E-state index in [1.54, 1.807) is 0 Å². The fourth-order valence-electron chi connectivity index (χ4n) is 2.04. The summed E-state index contributed by atoms with van der Waals surface area (Å²) in [7, 11) is 0. The summed E-state index contributed by atoms with van der Waals surface area (Å²) >= 11 is 7.12. The molecule has 0 atom stereocenters. The molecule has 2 N–H and O–H groups in total. The highest BCUT2D eigenvalue weighted by Gasteiger charge is 2.11. The highest BCUT2D eigenvalue weighted by atomic mass is 35.5. The van der Waals surface area contributed by atoms with Gasteiger partial charge in [0.2, 0.25) is 11.8 Å². The van der Waals surface area contributed by atoms with Crippen LogP contribution in [-0.4, -0.2) is 21.2 Å². The molecule has 0 spiro atoms. The number of thiazole rings is 1. The molecular weight excluding hydrogens is 355 g/mol. The van der Waals surface area contributed by atoms with Gasteiger partial charge in [0.05, 0.1) is 17.3 Å². The first-order chi connectivity index (χ1) is 11.5. The largest absolute Gasteiger partial charge is 0.350 e. The average Bonchev–Trinajstić information content (AvgIpc) is 3.10. The van der Waals surface area contributed by atoms with Crippen LogP contribution in [0.3, 0.4) is 0 Å². The molecule has 0 bridgehead atoms. The number of rotatable bonds is 5. The Hall–Kier alpha value is -2.45. The molecule has 2 amide bonds. The van der Waals surface area contributed by atoms with Gasteiger partial charge in [-0.15, -0.1) is 11.3 Å². The van der Waals surface area contributed by atoms with Crippen LogP contribution in [0.5, 0.6) is 0 Å². The second-order valence-electron chi connectivity index (χ2n) is 4.96. The summed E-state index contributed by atoms with van der Waals surface area (Å²) in [6, 6.07) is 3.79. The number of fused-ring (bicyclic) bond motifs is 1. The van der Waals surface area contributed by atoms with Gasteiger partial charge < -0.3 is 10.6 Å². The smallest absolute Gasteiger partial charge is 0.233 e. The van der Waals surface area contributed by atoms with Crippen LogP contribution in [-0.2, 0) is 16.1 Å². The van der Waals surface area contributed by atoms with Crippen molar-refractivity contribution in [3.05, 3.63) is 52.5 Å². The van der Waals surface area contributed by atoms with Gasteiger partial charge >= 0.3 is 0 Å². The van der Waals surface area contributed by atoms with Crippen LogP contribution in [0.15, 0.2) is 36.0 Å². The lowest BCUT2D eigenvalue weighted by atomic mass is 10.3. The van der Waals surface area contributed by atoms with Crippen LogP contribution >= 0.6 is 22.9 Å². The molecular formula is C15H12ClFN4O2S. The number of hydrogen-bond donors (Lipinski definition) is 2. The molecule has 0 saturated heterocycles. The topological polar surface area (TPSA) is 75.5 Å². The third-order valence-electron chi connectivity index (χ3n) is 3.13. The van der Waals surface area contributed by atoms with Crippen molar-refractivity contribution in [1.29, 1.82) is 0 Å². The second kappa shape index (κ2) is 6.98. The number of carbonyl (C=O) groups is 2. The van der Waals surface area contributed by atoms with Crippen LogP contribution < -0.4 is 10.6 Å². The van der Waals surface area contributed by atoms with E-state index in [4.69, 9.17) is 11.6 Å². The Morgan fingerprint density at radius 2 is 2.17 bits per heavy atom. The minimum atomic E-state index is -0.576. The van der Waals surface area contributed by atoms with Gasteiger partial charge in [-0.2, -0.15) is 0 Å². The van der Waals surface area contributed by atoms with Gasteiger partial charge in [-0.05, 0) is 18.2 Å². The van der Waals surface area contributed by atoms with E-state index >= 15 is 0 Å². The molecule has 2 heterocycles. The lowest BCUT2D eigenvalue weighted by Crippen LogP contribution is -2.27. The quantitative estimate of drug-likeness (QED) is 0.682. The molecule has 3 rings (SSSR count). The molecule has 0 radical (unpaired) electrons. The zero-order valence-corrected chi connectivity index (χ0v) is 13.8. The van der Waals surface area contributed by atoms with Gasteiger partial charge in [0.15, 0.2) is 4.96 Å². The van der Waals surface area contributed by atoms with E-state index in [-0.39, 0.29) is 18.0 Å². The Morgan fingerprint density at radius 3 is 2.92 bits per heavy atom. The van der Waals surface area contributed by atoms with Crippen molar-refractivity contribution in [1.82, 2.24) is 14.7 Å². The average molecular weight is 367 g/mol. The van der Waals surface area contributed by atoms with Crippen LogP contribution in [0.25, 0.3) is 4.96 Å². The number of carbonyl (C=O) groups excluding carboxylic acids is 2. The second-order valence-corrected chi connectivity index (χ2v) is 6.24. The summed E-state index contributed by atoms with van der Waals surface area (Å²) in [6.07, 6.45) is 3.34. The van der Waals surface area contributed by atoms with Crippen molar-refractivity contribution in [2.75, 3.05) is 5.32 Å². The summed E-state index contributed by atoms with van der Waals surface area (Å²) in [6.45, 7) is 0.239. The monoisotopic (exact) mass is 366 g/mol. The molecule has 6 nitrogen and oxygen atoms in total. The predicted molar refractivity (Wildman–Crippen MR) is 89.6 cm³/mol. The number of benzene rings is 1. The fourth-order valence-corrected chi connectivity index (χ4v) is 2.94. The number of imidazole rings is 1. The SMILES string of the molecule is O=C(CC(=O)Nc1ccc(F)c(Cl)c1)NCc1cn2ccsc2n1. The first-order valence-electron chi connectivity index (χ1n) is 6.94. The number of aromatic nitrogens is 2. The molecule has 3 aromatic rings. The standard InChI is InChI=1S/C15H12ClFN4O2S/c16-11-5-9(1-2-12(11)17)19-14(23)6-13(22)18-7-10-8-21-3-4-24-15(21)20-10/h1-5,8H,6-7H2,(H,18,22)(H,19,23). The molecule has 2 aromatic heterocycles. The zero-order chi connectivity index (χ0) is 17.1. The van der Waals surface area contributed by atoms with Crippen molar-refractivity contribution in [2.45, 2.75) is 13.0 Å². The molecule has 0 fully saturated rings. The summed E-state index contributed by atoms with van der Waals surface area (Å²) in [4.78, 5) is 28.8. The normalized spacial score (nSPS) is 10.8. The van der Waals surface area contributed by atoms with E-state index in [0.29, 0.717) is 11.4 Å². The zero-order valence-electron chi connectivity index (χ0n) is 12.3. The highest BCUT2D eigenvalue weighted by Crippen LogP contribution is 2.19. The summed E-state index contributed by atoms with van der Waals surface area (Å²) in [5, 5.41) is 6.93. The number of anilines is 1. The summed E-state index contributed by atoms with van der Waals surface area (Å²) in [5.74, 6) is -1.52. The van der Waals surface area contributed by atoms with E-state index in [9.17, 15) is 14.0 Å². The van der Waals surface area contributed by atoms with Crippen molar-refractivity contribution in [3.8, 4) is 0 Å². The van der Waals surface area contributed by atoms with Crippen molar-refractivity contribution < 1.29 is 14.0 Å². The molecule has 0 unspecified atom stereocenters. The van der Waals surface area contributed by atoms with Gasteiger partial charge in [0.1, 0.15) is 12.2 Å². The highest BCUT2D eigenvalue weighted by molar-refractivity contribution is 7.15. The Morgan fingerprint density at radius 1 is 1.33 bits per heavy atom. The van der Waals surface area contributed by atoms with Gasteiger partial charge in [0, 0.05) is 23.5 Å². The molecule has 0 aliphatic rings. The molecule has 24 heavy (non-hydrogen) atoms. The Bertz CT molecular complexity index is 879. The number of amides is 2. The predicted octanol–water partition coefficient (Wildman–Crippen LogP) is 2.83. The molecule has 0 aliphatic heterocycles. The van der Waals surface area contributed by atoms with Gasteiger partial charge in [0.25, 0.3) is 0 Å². The number of halogens is 2. The Labute approximate surface area is 145 Å². The number of nitrogens with one attached hydrogen (secondary N) is 2. The van der Waals surface area contributed by atoms with Crippen molar-refractivity contribution >= 4 is 45.4 Å².